The summed E-state index contributed by atoms with van der Waals surface area (Å²) in [6, 6.07) is 23.3. The number of anilines is 2. The van der Waals surface area contributed by atoms with Crippen LogP contribution in [-0.4, -0.2) is 18.4 Å². The zero-order chi connectivity index (χ0) is 21.2. The Hall–Kier alpha value is -3.60. The molecule has 0 heterocycles. The van der Waals surface area contributed by atoms with Crippen molar-refractivity contribution in [3.05, 3.63) is 90.0 Å². The molecule has 2 amide bonds. The van der Waals surface area contributed by atoms with E-state index in [-0.39, 0.29) is 11.8 Å². The molecule has 30 heavy (non-hydrogen) atoms. The normalized spacial score (nSPS) is 10.3. The molecule has 0 saturated heterocycles. The average Bonchev–Trinajstić information content (AvgIpc) is 2.79. The van der Waals surface area contributed by atoms with E-state index < -0.39 is 0 Å². The maximum absolute atomic E-state index is 12.7. The van der Waals surface area contributed by atoms with Crippen LogP contribution in [0.15, 0.2) is 78.9 Å². The van der Waals surface area contributed by atoms with Crippen LogP contribution in [0.1, 0.15) is 46.9 Å². The molecule has 5 heteroatoms. The molecule has 0 bridgehead atoms. The fourth-order valence-electron chi connectivity index (χ4n) is 2.94. The number of rotatable bonds is 9. The van der Waals surface area contributed by atoms with Crippen molar-refractivity contribution in [2.24, 2.45) is 0 Å². The van der Waals surface area contributed by atoms with E-state index in [1.165, 1.54) is 0 Å². The van der Waals surface area contributed by atoms with Crippen LogP contribution >= 0.6 is 0 Å². The van der Waals surface area contributed by atoms with Crippen LogP contribution in [0.2, 0.25) is 0 Å². The van der Waals surface area contributed by atoms with E-state index in [1.807, 2.05) is 36.4 Å². The van der Waals surface area contributed by atoms with Crippen molar-refractivity contribution in [1.82, 2.24) is 0 Å². The van der Waals surface area contributed by atoms with Crippen molar-refractivity contribution in [3.63, 3.8) is 0 Å². The van der Waals surface area contributed by atoms with Gasteiger partial charge < -0.3 is 15.4 Å². The molecular weight excluding hydrogens is 376 g/mol. The van der Waals surface area contributed by atoms with Crippen molar-refractivity contribution in [1.29, 1.82) is 0 Å². The molecular formula is C25H26N2O3. The highest BCUT2D eigenvalue weighted by atomic mass is 16.5. The van der Waals surface area contributed by atoms with Crippen LogP contribution in [0.3, 0.4) is 0 Å². The predicted octanol–water partition coefficient (Wildman–Crippen LogP) is 5.76. The molecule has 0 unspecified atom stereocenters. The predicted molar refractivity (Wildman–Crippen MR) is 120 cm³/mol. The van der Waals surface area contributed by atoms with Gasteiger partial charge in [-0.3, -0.25) is 9.59 Å². The average molecular weight is 402 g/mol. The van der Waals surface area contributed by atoms with E-state index >= 15 is 0 Å². The number of carbonyl (C=O) groups excluding carboxylic acids is 2. The lowest BCUT2D eigenvalue weighted by molar-refractivity contribution is 0.101. The second kappa shape index (κ2) is 10.8. The Balaban J connectivity index is 1.60. The van der Waals surface area contributed by atoms with Gasteiger partial charge in [0.1, 0.15) is 5.75 Å². The summed E-state index contributed by atoms with van der Waals surface area (Å²) >= 11 is 0. The molecule has 2 N–H and O–H groups in total. The summed E-state index contributed by atoms with van der Waals surface area (Å²) in [6.07, 6.45) is 3.18. The summed E-state index contributed by atoms with van der Waals surface area (Å²) in [5.74, 6) is 0.168. The summed E-state index contributed by atoms with van der Waals surface area (Å²) in [6.45, 7) is 2.73. The lowest BCUT2D eigenvalue weighted by Gasteiger charge is -2.12. The first-order valence-corrected chi connectivity index (χ1v) is 10.2. The number of benzene rings is 3. The Kier molecular flexibility index (Phi) is 7.61. The van der Waals surface area contributed by atoms with Gasteiger partial charge >= 0.3 is 0 Å². The monoisotopic (exact) mass is 402 g/mol. The first-order valence-electron chi connectivity index (χ1n) is 10.2. The van der Waals surface area contributed by atoms with E-state index in [0.717, 1.165) is 19.3 Å². The molecule has 0 aliphatic heterocycles. The summed E-state index contributed by atoms with van der Waals surface area (Å²) in [5.41, 5.74) is 2.38. The zero-order valence-corrected chi connectivity index (χ0v) is 17.1. The molecule has 0 radical (unpaired) electrons. The third kappa shape index (κ3) is 5.95. The number of para-hydroxylation sites is 1. The van der Waals surface area contributed by atoms with Gasteiger partial charge in [0.05, 0.1) is 12.2 Å². The third-order valence-electron chi connectivity index (χ3n) is 4.57. The summed E-state index contributed by atoms with van der Waals surface area (Å²) in [4.78, 5) is 24.9. The van der Waals surface area contributed by atoms with Crippen molar-refractivity contribution in [3.8, 4) is 5.75 Å². The first kappa shape index (κ1) is 21.1. The van der Waals surface area contributed by atoms with Gasteiger partial charge in [-0.2, -0.15) is 0 Å². The SMILES string of the molecule is CCCCCOc1ccccc1C(=O)Nc1ccc(NC(=O)c2ccccc2)cc1. The van der Waals surface area contributed by atoms with Crippen LogP contribution in [0.4, 0.5) is 11.4 Å². The minimum absolute atomic E-state index is 0.179. The van der Waals surface area contributed by atoms with E-state index in [4.69, 9.17) is 4.74 Å². The Morgan fingerprint density at radius 1 is 0.733 bits per heavy atom. The maximum atomic E-state index is 12.7. The van der Waals surface area contributed by atoms with Crippen molar-refractivity contribution >= 4 is 23.2 Å². The van der Waals surface area contributed by atoms with Gasteiger partial charge in [0, 0.05) is 16.9 Å². The zero-order valence-electron chi connectivity index (χ0n) is 17.1. The van der Waals surface area contributed by atoms with E-state index in [0.29, 0.717) is 34.9 Å². The highest BCUT2D eigenvalue weighted by Gasteiger charge is 2.12. The Labute approximate surface area is 177 Å². The van der Waals surface area contributed by atoms with Gasteiger partial charge in [-0.15, -0.1) is 0 Å². The van der Waals surface area contributed by atoms with Crippen LogP contribution in [0.5, 0.6) is 5.75 Å². The topological polar surface area (TPSA) is 67.4 Å². The molecule has 3 rings (SSSR count). The lowest BCUT2D eigenvalue weighted by atomic mass is 10.1. The Morgan fingerprint density at radius 3 is 2.00 bits per heavy atom. The molecule has 0 saturated carbocycles. The van der Waals surface area contributed by atoms with Crippen molar-refractivity contribution in [2.75, 3.05) is 17.2 Å². The summed E-state index contributed by atoms with van der Waals surface area (Å²) in [5, 5.41) is 5.72. The highest BCUT2D eigenvalue weighted by Crippen LogP contribution is 2.21. The molecule has 0 aromatic heterocycles. The molecule has 3 aromatic carbocycles. The smallest absolute Gasteiger partial charge is 0.259 e. The van der Waals surface area contributed by atoms with Crippen LogP contribution in [0, 0.1) is 0 Å². The van der Waals surface area contributed by atoms with E-state index in [1.54, 1.807) is 42.5 Å². The van der Waals surface area contributed by atoms with Gasteiger partial charge in [0.25, 0.3) is 11.8 Å². The Morgan fingerprint density at radius 2 is 1.33 bits per heavy atom. The largest absolute Gasteiger partial charge is 0.493 e. The fourth-order valence-corrected chi connectivity index (χ4v) is 2.94. The van der Waals surface area contributed by atoms with Crippen LogP contribution in [0.25, 0.3) is 0 Å². The standard InChI is InChI=1S/C25H26N2O3/c1-2-3-9-18-30-23-13-8-7-12-22(23)25(29)27-21-16-14-20(15-17-21)26-24(28)19-10-5-4-6-11-19/h4-8,10-17H,2-3,9,18H2,1H3,(H,26,28)(H,27,29). The number of nitrogens with one attached hydrogen (secondary N) is 2. The molecule has 0 spiro atoms. The van der Waals surface area contributed by atoms with Crippen LogP contribution in [-0.2, 0) is 0 Å². The van der Waals surface area contributed by atoms with E-state index in [2.05, 4.69) is 17.6 Å². The van der Waals surface area contributed by atoms with Gasteiger partial charge in [-0.1, -0.05) is 50.1 Å². The summed E-state index contributed by atoms with van der Waals surface area (Å²) < 4.78 is 5.79. The molecule has 0 fully saturated rings. The third-order valence-corrected chi connectivity index (χ3v) is 4.57. The first-order chi connectivity index (χ1) is 14.7. The van der Waals surface area contributed by atoms with Gasteiger partial charge in [-0.05, 0) is 55.0 Å². The summed E-state index contributed by atoms with van der Waals surface area (Å²) in [7, 11) is 0. The highest BCUT2D eigenvalue weighted by molar-refractivity contribution is 6.07. The van der Waals surface area contributed by atoms with E-state index in [9.17, 15) is 9.59 Å². The minimum Gasteiger partial charge on any atom is -0.493 e. The molecule has 154 valence electrons. The van der Waals surface area contributed by atoms with Crippen LogP contribution < -0.4 is 15.4 Å². The lowest BCUT2D eigenvalue weighted by Crippen LogP contribution is -2.14. The second-order valence-corrected chi connectivity index (χ2v) is 6.90. The van der Waals surface area contributed by atoms with Gasteiger partial charge in [0.15, 0.2) is 0 Å². The molecule has 3 aromatic rings. The number of carbonyl (C=O) groups is 2. The Bertz CT molecular complexity index is 969. The number of ether oxygens (including phenoxy) is 1. The maximum Gasteiger partial charge on any atom is 0.259 e. The molecule has 5 nitrogen and oxygen atoms in total. The van der Waals surface area contributed by atoms with Gasteiger partial charge in [0.2, 0.25) is 0 Å². The number of amides is 2. The number of hydrogen-bond acceptors (Lipinski definition) is 3. The van der Waals surface area contributed by atoms with Gasteiger partial charge in [-0.25, -0.2) is 0 Å². The van der Waals surface area contributed by atoms with Crippen molar-refractivity contribution in [2.45, 2.75) is 26.2 Å². The molecule has 0 atom stereocenters. The van der Waals surface area contributed by atoms with Crippen molar-refractivity contribution < 1.29 is 14.3 Å². The second-order valence-electron chi connectivity index (χ2n) is 6.90. The number of hydrogen-bond donors (Lipinski definition) is 2. The fraction of sp³-hybridized carbons (Fsp3) is 0.200. The quantitative estimate of drug-likeness (QED) is 0.447. The number of unbranched alkanes of at least 4 members (excludes halogenated alkanes) is 2. The minimum atomic E-state index is -0.234. The molecule has 0 aliphatic rings. The molecule has 0 aliphatic carbocycles.